The lowest BCUT2D eigenvalue weighted by Crippen LogP contribution is -2.46. The molecule has 146 valence electrons. The van der Waals surface area contributed by atoms with Crippen molar-refractivity contribution < 1.29 is 4.74 Å². The number of hydrogen-bond donors (Lipinski definition) is 0. The normalized spacial score (nSPS) is 21.0. The Morgan fingerprint density at radius 3 is 2.78 bits per heavy atom. The topological polar surface area (TPSA) is 28.6 Å². The van der Waals surface area contributed by atoms with E-state index in [1.807, 2.05) is 6.20 Å². The molecule has 4 rings (SSSR count). The van der Waals surface area contributed by atoms with Crippen molar-refractivity contribution in [3.05, 3.63) is 52.0 Å². The summed E-state index contributed by atoms with van der Waals surface area (Å²) in [4.78, 5) is 9.80. The van der Waals surface area contributed by atoms with E-state index in [1.54, 1.807) is 29.6 Å². The van der Waals surface area contributed by atoms with Crippen molar-refractivity contribution in [1.29, 1.82) is 0 Å². The lowest BCUT2D eigenvalue weighted by Gasteiger charge is -2.38. The number of thiazole rings is 1. The summed E-state index contributed by atoms with van der Waals surface area (Å²) in [5.74, 6) is 0.749. The Morgan fingerprint density at radius 1 is 1.26 bits per heavy atom. The standard InChI is InChI=1S/C22H31N3OS/c1-26-11-10-24(17-22-23-8-12-27-22)15-18-5-4-9-25(16-18)21-13-19-6-2-3-7-20(19)14-21/h2-3,6-8,12,18,21H,4-5,9-11,13-17H2,1H3. The molecule has 2 aromatic rings. The zero-order valence-electron chi connectivity index (χ0n) is 16.3. The number of benzene rings is 1. The second kappa shape index (κ2) is 9.28. The minimum Gasteiger partial charge on any atom is -0.383 e. The fourth-order valence-electron chi connectivity index (χ4n) is 4.71. The molecule has 1 aromatic carbocycles. The second-order valence-corrected chi connectivity index (χ2v) is 8.97. The molecule has 4 nitrogen and oxygen atoms in total. The van der Waals surface area contributed by atoms with Crippen LogP contribution in [0.1, 0.15) is 29.0 Å². The molecule has 0 bridgehead atoms. The molecule has 2 aliphatic rings. The maximum Gasteiger partial charge on any atom is 0.107 e. The summed E-state index contributed by atoms with van der Waals surface area (Å²) in [6, 6.07) is 9.71. The number of methoxy groups -OCH3 is 1. The van der Waals surface area contributed by atoms with Crippen molar-refractivity contribution >= 4 is 11.3 Å². The highest BCUT2D eigenvalue weighted by molar-refractivity contribution is 7.09. The van der Waals surface area contributed by atoms with E-state index in [-0.39, 0.29) is 0 Å². The molecular formula is C22H31N3OS. The van der Waals surface area contributed by atoms with Gasteiger partial charge in [-0.2, -0.15) is 0 Å². The average Bonchev–Trinajstić information content (AvgIpc) is 3.35. The van der Waals surface area contributed by atoms with Gasteiger partial charge < -0.3 is 4.74 Å². The first-order valence-electron chi connectivity index (χ1n) is 10.2. The van der Waals surface area contributed by atoms with Crippen molar-refractivity contribution in [3.8, 4) is 0 Å². The Labute approximate surface area is 167 Å². The molecule has 27 heavy (non-hydrogen) atoms. The number of fused-ring (bicyclic) bond motifs is 1. The average molecular weight is 386 g/mol. The third-order valence-corrected chi connectivity index (χ3v) is 6.83. The minimum absolute atomic E-state index is 0.705. The molecule has 5 heteroatoms. The molecule has 0 spiro atoms. The Hall–Kier alpha value is -1.27. The number of aromatic nitrogens is 1. The van der Waals surface area contributed by atoms with E-state index in [4.69, 9.17) is 4.74 Å². The SMILES string of the molecule is COCCN(Cc1nccs1)CC1CCCN(C2Cc3ccccc3C2)C1. The molecule has 0 saturated carbocycles. The number of nitrogens with zero attached hydrogens (tertiary/aromatic N) is 3. The van der Waals surface area contributed by atoms with Gasteiger partial charge in [0.25, 0.3) is 0 Å². The van der Waals surface area contributed by atoms with E-state index in [1.165, 1.54) is 43.8 Å². The summed E-state index contributed by atoms with van der Waals surface area (Å²) < 4.78 is 5.35. The highest BCUT2D eigenvalue weighted by Gasteiger charge is 2.31. The summed E-state index contributed by atoms with van der Waals surface area (Å²) in [5, 5.41) is 3.29. The molecule has 1 aliphatic carbocycles. The van der Waals surface area contributed by atoms with Crippen LogP contribution < -0.4 is 0 Å². The van der Waals surface area contributed by atoms with Gasteiger partial charge in [0.1, 0.15) is 5.01 Å². The van der Waals surface area contributed by atoms with Crippen LogP contribution in [0.5, 0.6) is 0 Å². The summed E-state index contributed by atoms with van der Waals surface area (Å²) >= 11 is 1.76. The van der Waals surface area contributed by atoms with Crippen molar-refractivity contribution in [1.82, 2.24) is 14.8 Å². The molecule has 0 radical (unpaired) electrons. The predicted molar refractivity (Wildman–Crippen MR) is 111 cm³/mol. The molecule has 1 atom stereocenters. The van der Waals surface area contributed by atoms with Crippen LogP contribution in [-0.2, 0) is 24.1 Å². The quantitative estimate of drug-likeness (QED) is 0.696. The highest BCUT2D eigenvalue weighted by atomic mass is 32.1. The number of piperidine rings is 1. The Kier molecular flexibility index (Phi) is 6.56. The molecule has 2 heterocycles. The van der Waals surface area contributed by atoms with Crippen molar-refractivity contribution in [2.75, 3.05) is 39.9 Å². The van der Waals surface area contributed by atoms with Gasteiger partial charge in [0, 0.05) is 44.4 Å². The van der Waals surface area contributed by atoms with Crippen LogP contribution in [0.2, 0.25) is 0 Å². The fourth-order valence-corrected chi connectivity index (χ4v) is 5.37. The molecule has 1 saturated heterocycles. The predicted octanol–water partition coefficient (Wildman–Crippen LogP) is 3.47. The molecular weight excluding hydrogens is 354 g/mol. The van der Waals surface area contributed by atoms with Crippen LogP contribution in [-0.4, -0.2) is 60.7 Å². The summed E-state index contributed by atoms with van der Waals surface area (Å²) in [6.45, 7) is 6.38. The minimum atomic E-state index is 0.705. The maximum absolute atomic E-state index is 5.35. The van der Waals surface area contributed by atoms with Crippen LogP contribution in [0.4, 0.5) is 0 Å². The molecule has 1 aromatic heterocycles. The van der Waals surface area contributed by atoms with Crippen molar-refractivity contribution in [3.63, 3.8) is 0 Å². The Morgan fingerprint density at radius 2 is 2.07 bits per heavy atom. The zero-order valence-corrected chi connectivity index (χ0v) is 17.2. The lowest BCUT2D eigenvalue weighted by molar-refractivity contribution is 0.0843. The van der Waals surface area contributed by atoms with Crippen LogP contribution in [0.25, 0.3) is 0 Å². The van der Waals surface area contributed by atoms with Crippen LogP contribution in [0.15, 0.2) is 35.8 Å². The monoisotopic (exact) mass is 385 g/mol. The second-order valence-electron chi connectivity index (χ2n) is 7.99. The van der Waals surface area contributed by atoms with Gasteiger partial charge in [0.15, 0.2) is 0 Å². The number of likely N-dealkylation sites (tertiary alicyclic amines) is 1. The largest absolute Gasteiger partial charge is 0.383 e. The number of hydrogen-bond acceptors (Lipinski definition) is 5. The third kappa shape index (κ3) is 4.96. The molecule has 1 aliphatic heterocycles. The first kappa shape index (κ1) is 19.1. The van der Waals surface area contributed by atoms with Crippen molar-refractivity contribution in [2.24, 2.45) is 5.92 Å². The Balaban J connectivity index is 1.34. The molecule has 1 unspecified atom stereocenters. The smallest absolute Gasteiger partial charge is 0.107 e. The first-order valence-corrected chi connectivity index (χ1v) is 11.1. The van der Waals surface area contributed by atoms with Gasteiger partial charge >= 0.3 is 0 Å². The van der Waals surface area contributed by atoms with Gasteiger partial charge in [-0.25, -0.2) is 4.98 Å². The van der Waals surface area contributed by atoms with Crippen LogP contribution in [0.3, 0.4) is 0 Å². The summed E-state index contributed by atoms with van der Waals surface area (Å²) in [7, 11) is 1.79. The number of ether oxygens (including phenoxy) is 1. The van der Waals surface area contributed by atoms with E-state index in [0.29, 0.717) is 6.04 Å². The van der Waals surface area contributed by atoms with Gasteiger partial charge in [-0.1, -0.05) is 24.3 Å². The van der Waals surface area contributed by atoms with Crippen LogP contribution in [0, 0.1) is 5.92 Å². The Bertz CT molecular complexity index is 680. The van der Waals surface area contributed by atoms with Crippen LogP contribution >= 0.6 is 11.3 Å². The summed E-state index contributed by atoms with van der Waals surface area (Å²) in [5.41, 5.74) is 3.13. The fraction of sp³-hybridized carbons (Fsp3) is 0.591. The lowest BCUT2D eigenvalue weighted by atomic mass is 9.95. The maximum atomic E-state index is 5.35. The van der Waals surface area contributed by atoms with E-state index in [2.05, 4.69) is 44.4 Å². The van der Waals surface area contributed by atoms with Gasteiger partial charge in [0.2, 0.25) is 0 Å². The zero-order chi connectivity index (χ0) is 18.5. The third-order valence-electron chi connectivity index (χ3n) is 6.07. The van der Waals surface area contributed by atoms with Gasteiger partial charge in [-0.05, 0) is 49.3 Å². The van der Waals surface area contributed by atoms with E-state index in [9.17, 15) is 0 Å². The van der Waals surface area contributed by atoms with Gasteiger partial charge in [0.05, 0.1) is 13.2 Å². The van der Waals surface area contributed by atoms with Gasteiger partial charge in [-0.3, -0.25) is 9.80 Å². The number of rotatable bonds is 8. The van der Waals surface area contributed by atoms with E-state index < -0.39 is 0 Å². The highest BCUT2D eigenvalue weighted by Crippen LogP contribution is 2.29. The first-order chi connectivity index (χ1) is 13.3. The summed E-state index contributed by atoms with van der Waals surface area (Å²) in [6.07, 6.45) is 7.05. The molecule has 1 fully saturated rings. The van der Waals surface area contributed by atoms with E-state index >= 15 is 0 Å². The molecule has 0 amide bonds. The van der Waals surface area contributed by atoms with Gasteiger partial charge in [-0.15, -0.1) is 11.3 Å². The van der Waals surface area contributed by atoms with E-state index in [0.717, 1.165) is 32.2 Å². The van der Waals surface area contributed by atoms with Crippen molar-refractivity contribution in [2.45, 2.75) is 38.3 Å². The molecule has 0 N–H and O–H groups in total.